The highest BCUT2D eigenvalue weighted by Gasteiger charge is 2.33. The predicted octanol–water partition coefficient (Wildman–Crippen LogP) is 2.16. The minimum Gasteiger partial charge on any atom is -0.479 e. The normalized spacial score (nSPS) is 18.5. The van der Waals surface area contributed by atoms with Gasteiger partial charge in [-0.25, -0.2) is 4.98 Å². The molecule has 1 aliphatic rings. The predicted molar refractivity (Wildman–Crippen MR) is 112 cm³/mol. The van der Waals surface area contributed by atoms with E-state index < -0.39 is 5.79 Å². The van der Waals surface area contributed by atoms with Crippen LogP contribution in [0.2, 0.25) is 0 Å². The summed E-state index contributed by atoms with van der Waals surface area (Å²) in [5.74, 6) is -0.0459. The summed E-state index contributed by atoms with van der Waals surface area (Å²) in [4.78, 5) is 10.9. The summed E-state index contributed by atoms with van der Waals surface area (Å²) in [5, 5.41) is 9.57. The van der Waals surface area contributed by atoms with E-state index in [1.165, 1.54) is 6.33 Å². The molecule has 0 unspecified atom stereocenters. The van der Waals surface area contributed by atoms with Crippen LogP contribution in [0.25, 0.3) is 11.0 Å². The molecule has 168 valence electrons. The van der Waals surface area contributed by atoms with Gasteiger partial charge in [0.1, 0.15) is 24.1 Å². The van der Waals surface area contributed by atoms with Gasteiger partial charge in [0.05, 0.1) is 26.4 Å². The van der Waals surface area contributed by atoms with Gasteiger partial charge in [0.2, 0.25) is 5.88 Å². The van der Waals surface area contributed by atoms with Crippen molar-refractivity contribution in [2.45, 2.75) is 58.8 Å². The largest absolute Gasteiger partial charge is 0.479 e. The van der Waals surface area contributed by atoms with Gasteiger partial charge in [-0.1, -0.05) is 13.3 Å². The fraction of sp³-hybridized carbons (Fsp3) is 0.714. The monoisotopic (exact) mass is 422 g/mol. The third kappa shape index (κ3) is 5.67. The highest BCUT2D eigenvalue weighted by Crippen LogP contribution is 2.28. The maximum atomic E-state index is 9.57. The van der Waals surface area contributed by atoms with Gasteiger partial charge in [-0.3, -0.25) is 4.90 Å². The Bertz CT molecular complexity index is 810. The minimum absolute atomic E-state index is 0.0403. The molecule has 1 fully saturated rings. The summed E-state index contributed by atoms with van der Waals surface area (Å²) in [5.41, 5.74) is 2.67. The van der Waals surface area contributed by atoms with Crippen LogP contribution < -0.4 is 4.74 Å². The molecule has 1 atom stereocenters. The number of aromatic nitrogens is 3. The zero-order valence-electron chi connectivity index (χ0n) is 18.5. The van der Waals surface area contributed by atoms with Crippen LogP contribution in [-0.4, -0.2) is 76.5 Å². The summed E-state index contributed by atoms with van der Waals surface area (Å²) in [6, 6.07) is 0. The molecule has 1 aliphatic heterocycles. The van der Waals surface area contributed by atoms with Crippen LogP contribution >= 0.6 is 0 Å². The van der Waals surface area contributed by atoms with E-state index in [9.17, 15) is 5.11 Å². The lowest BCUT2D eigenvalue weighted by molar-refractivity contribution is -0.140. The van der Waals surface area contributed by atoms with E-state index in [4.69, 9.17) is 18.9 Å². The minimum atomic E-state index is -0.567. The first-order valence-electron chi connectivity index (χ1n) is 10.6. The molecular formula is C21H34N4O5. The van der Waals surface area contributed by atoms with E-state index in [-0.39, 0.29) is 12.7 Å². The number of aliphatic hydroxyl groups excluding tert-OH is 1. The molecule has 0 saturated carbocycles. The van der Waals surface area contributed by atoms with Crippen molar-refractivity contribution in [3.05, 3.63) is 18.1 Å². The van der Waals surface area contributed by atoms with E-state index in [0.717, 1.165) is 29.4 Å². The van der Waals surface area contributed by atoms with Gasteiger partial charge in [0, 0.05) is 38.0 Å². The molecule has 0 amide bonds. The third-order valence-corrected chi connectivity index (χ3v) is 5.10. The van der Waals surface area contributed by atoms with Crippen molar-refractivity contribution in [1.29, 1.82) is 0 Å². The lowest BCUT2D eigenvalue weighted by atomic mass is 10.2. The Morgan fingerprint density at radius 3 is 2.87 bits per heavy atom. The third-order valence-electron chi connectivity index (χ3n) is 5.10. The van der Waals surface area contributed by atoms with Crippen LogP contribution in [0, 0.1) is 0 Å². The van der Waals surface area contributed by atoms with E-state index >= 15 is 0 Å². The Morgan fingerprint density at radius 2 is 2.20 bits per heavy atom. The molecule has 9 nitrogen and oxygen atoms in total. The van der Waals surface area contributed by atoms with Gasteiger partial charge in [-0.05, 0) is 20.3 Å². The Labute approximate surface area is 177 Å². The molecule has 2 aromatic rings. The quantitative estimate of drug-likeness (QED) is 0.521. The number of nitrogens with zero attached hydrogens (tertiary/aromatic N) is 4. The molecule has 2 aromatic heterocycles. The molecule has 0 aromatic carbocycles. The van der Waals surface area contributed by atoms with Gasteiger partial charge in [-0.2, -0.15) is 4.98 Å². The van der Waals surface area contributed by atoms with E-state index in [1.54, 1.807) is 7.11 Å². The number of fused-ring (bicyclic) bond motifs is 1. The van der Waals surface area contributed by atoms with Crippen molar-refractivity contribution >= 4 is 11.0 Å². The van der Waals surface area contributed by atoms with Crippen LogP contribution in [-0.2, 0) is 27.5 Å². The van der Waals surface area contributed by atoms with Gasteiger partial charge >= 0.3 is 0 Å². The molecule has 0 radical (unpaired) electrons. The average molecular weight is 423 g/mol. The van der Waals surface area contributed by atoms with Crippen molar-refractivity contribution < 1.29 is 24.1 Å². The van der Waals surface area contributed by atoms with Gasteiger partial charge in [-0.15, -0.1) is 0 Å². The van der Waals surface area contributed by atoms with Crippen LogP contribution in [0.4, 0.5) is 0 Å². The summed E-state index contributed by atoms with van der Waals surface area (Å²) in [6.45, 7) is 9.48. The second-order valence-electron chi connectivity index (χ2n) is 8.00. The molecule has 9 heteroatoms. The molecule has 1 saturated heterocycles. The van der Waals surface area contributed by atoms with Crippen LogP contribution in [0.3, 0.4) is 0 Å². The van der Waals surface area contributed by atoms with Crippen LogP contribution in [0.15, 0.2) is 12.5 Å². The molecule has 1 N–H and O–H groups in total. The zero-order valence-corrected chi connectivity index (χ0v) is 18.5. The van der Waals surface area contributed by atoms with Crippen molar-refractivity contribution in [2.75, 3.05) is 40.0 Å². The first-order valence-corrected chi connectivity index (χ1v) is 10.6. The zero-order chi connectivity index (χ0) is 21.6. The molecule has 0 bridgehead atoms. The molecular weight excluding hydrogens is 388 g/mol. The first-order chi connectivity index (χ1) is 14.5. The summed E-state index contributed by atoms with van der Waals surface area (Å²) in [6.07, 6.45) is 5.61. The SMILES string of the molecule is CCCCOCn1cc(CN(CCO)C[C@H]2COC(C)(C)O2)c2ncnc(OC)c21. The topological polar surface area (TPSA) is 91.1 Å². The fourth-order valence-electron chi connectivity index (χ4n) is 3.70. The molecule has 3 rings (SSSR count). The number of ether oxygens (including phenoxy) is 4. The summed E-state index contributed by atoms with van der Waals surface area (Å²) >= 11 is 0. The number of aliphatic hydroxyl groups is 1. The Balaban J connectivity index is 1.80. The molecule has 0 aliphatic carbocycles. The lowest BCUT2D eigenvalue weighted by Crippen LogP contribution is -2.36. The Morgan fingerprint density at radius 1 is 1.37 bits per heavy atom. The Hall–Kier alpha value is -1.78. The fourth-order valence-corrected chi connectivity index (χ4v) is 3.70. The number of rotatable bonds is 12. The average Bonchev–Trinajstić information content (AvgIpc) is 3.25. The van der Waals surface area contributed by atoms with Crippen LogP contribution in [0.5, 0.6) is 5.88 Å². The smallest absolute Gasteiger partial charge is 0.241 e. The highest BCUT2D eigenvalue weighted by atomic mass is 16.7. The summed E-state index contributed by atoms with van der Waals surface area (Å²) in [7, 11) is 1.61. The number of hydrogen-bond acceptors (Lipinski definition) is 8. The van der Waals surface area contributed by atoms with E-state index in [1.807, 2.05) is 24.6 Å². The second-order valence-corrected chi connectivity index (χ2v) is 8.00. The van der Waals surface area contributed by atoms with E-state index in [2.05, 4.69) is 21.8 Å². The van der Waals surface area contributed by atoms with E-state index in [0.29, 0.717) is 45.5 Å². The van der Waals surface area contributed by atoms with Gasteiger partial charge < -0.3 is 28.6 Å². The van der Waals surface area contributed by atoms with Crippen molar-refractivity contribution in [3.63, 3.8) is 0 Å². The van der Waals surface area contributed by atoms with Crippen LogP contribution in [0.1, 0.15) is 39.2 Å². The summed E-state index contributed by atoms with van der Waals surface area (Å²) < 4.78 is 24.9. The number of methoxy groups -OCH3 is 1. The molecule has 30 heavy (non-hydrogen) atoms. The van der Waals surface area contributed by atoms with Gasteiger partial charge in [0.25, 0.3) is 0 Å². The second kappa shape index (κ2) is 10.5. The van der Waals surface area contributed by atoms with Crippen molar-refractivity contribution in [1.82, 2.24) is 19.4 Å². The molecule has 3 heterocycles. The first kappa shape index (κ1) is 22.9. The highest BCUT2D eigenvalue weighted by molar-refractivity contribution is 5.83. The standard InChI is InChI=1S/C21H34N4O5/c1-5-6-9-28-15-25-11-16(18-19(25)20(27-4)23-14-22-18)10-24(7-8-26)12-17-13-29-21(2,3)30-17/h11,14,17,26H,5-10,12-13,15H2,1-4H3/t17-/m0/s1. The van der Waals surface area contributed by atoms with Crippen molar-refractivity contribution in [3.8, 4) is 5.88 Å². The Kier molecular flexibility index (Phi) is 8.01. The van der Waals surface area contributed by atoms with Crippen molar-refractivity contribution in [2.24, 2.45) is 0 Å². The lowest BCUT2D eigenvalue weighted by Gasteiger charge is -2.24. The maximum Gasteiger partial charge on any atom is 0.241 e. The number of hydrogen-bond donors (Lipinski definition) is 1. The van der Waals surface area contributed by atoms with Gasteiger partial charge in [0.15, 0.2) is 5.79 Å². The molecule has 0 spiro atoms. The number of unbranched alkanes of at least 4 members (excludes halogenated alkanes) is 1. The maximum absolute atomic E-state index is 9.57.